The van der Waals surface area contributed by atoms with Crippen LogP contribution in [0.4, 0.5) is 32.0 Å². The molecule has 0 radical (unpaired) electrons. The van der Waals surface area contributed by atoms with Crippen LogP contribution in [0.1, 0.15) is 36.0 Å². The van der Waals surface area contributed by atoms with Gasteiger partial charge in [-0.3, -0.25) is 0 Å². The molecule has 0 bridgehead atoms. The molecule has 0 spiro atoms. The van der Waals surface area contributed by atoms with Gasteiger partial charge in [-0.15, -0.1) is 0 Å². The van der Waals surface area contributed by atoms with Crippen LogP contribution in [-0.2, 0) is 33.5 Å². The maximum atomic E-state index is 13.5. The van der Waals surface area contributed by atoms with Gasteiger partial charge in [-0.25, -0.2) is 8.42 Å². The summed E-state index contributed by atoms with van der Waals surface area (Å²) < 4.78 is 114. The number of nitrogens with one attached hydrogen (secondary N) is 2. The van der Waals surface area contributed by atoms with E-state index in [1.165, 1.54) is 12.1 Å². The lowest BCUT2D eigenvalue weighted by Crippen LogP contribution is -2.39. The van der Waals surface area contributed by atoms with Crippen LogP contribution in [0.3, 0.4) is 0 Å². The van der Waals surface area contributed by atoms with Crippen LogP contribution < -0.4 is 10.6 Å². The molecule has 1 aliphatic carbocycles. The summed E-state index contributed by atoms with van der Waals surface area (Å²) in [5.41, 5.74) is -3.11. The second-order valence-electron chi connectivity index (χ2n) is 9.71. The lowest BCUT2D eigenvalue weighted by Gasteiger charge is -2.26. The number of sulfone groups is 1. The van der Waals surface area contributed by atoms with Crippen LogP contribution in [0.2, 0.25) is 5.02 Å². The van der Waals surface area contributed by atoms with Gasteiger partial charge in [-0.2, -0.15) is 31.6 Å². The summed E-state index contributed by atoms with van der Waals surface area (Å²) in [5.74, 6) is -0.592. The highest BCUT2D eigenvalue weighted by Gasteiger charge is 2.38. The van der Waals surface area contributed by atoms with Crippen molar-refractivity contribution in [1.29, 1.82) is 5.26 Å². The van der Waals surface area contributed by atoms with E-state index in [-0.39, 0.29) is 22.6 Å². The largest absolute Gasteiger partial charge is 0.416 e. The molecule has 3 aromatic carbocycles. The second kappa shape index (κ2) is 12.9. The third-order valence-electron chi connectivity index (χ3n) is 6.67. The number of anilines is 1. The van der Waals surface area contributed by atoms with E-state index in [2.05, 4.69) is 10.6 Å². The quantitative estimate of drug-likeness (QED) is 0.184. The van der Waals surface area contributed by atoms with E-state index in [0.717, 1.165) is 17.7 Å². The fourth-order valence-corrected chi connectivity index (χ4v) is 5.92. The minimum Gasteiger partial charge on any atom is -0.371 e. The van der Waals surface area contributed by atoms with Gasteiger partial charge < -0.3 is 15.4 Å². The normalized spacial score (nSPS) is 18.1. The number of ether oxygens (including phenoxy) is 1. The molecule has 6 nitrogen and oxygen atoms in total. The zero-order valence-corrected chi connectivity index (χ0v) is 23.7. The Balaban J connectivity index is 1.78. The van der Waals surface area contributed by atoms with Gasteiger partial charge in [0.2, 0.25) is 9.84 Å². The second-order valence-corrected chi connectivity index (χ2v) is 12.0. The van der Waals surface area contributed by atoms with E-state index in [9.17, 15) is 40.0 Å². The van der Waals surface area contributed by atoms with Crippen molar-refractivity contribution in [3.05, 3.63) is 105 Å². The van der Waals surface area contributed by atoms with Gasteiger partial charge in [0, 0.05) is 10.7 Å². The number of halogens is 7. The van der Waals surface area contributed by atoms with Crippen molar-refractivity contribution in [3.8, 4) is 6.07 Å². The molecular formula is C29H24ClF6N3O3S. The molecule has 0 saturated heterocycles. The van der Waals surface area contributed by atoms with Crippen molar-refractivity contribution in [2.24, 2.45) is 0 Å². The maximum absolute atomic E-state index is 13.5. The minimum atomic E-state index is -5.15. The van der Waals surface area contributed by atoms with Crippen LogP contribution >= 0.6 is 11.6 Å². The molecule has 1 saturated carbocycles. The summed E-state index contributed by atoms with van der Waals surface area (Å²) in [6, 6.07) is 15.6. The maximum Gasteiger partial charge on any atom is 0.416 e. The van der Waals surface area contributed by atoms with Crippen molar-refractivity contribution in [2.75, 3.05) is 5.32 Å². The number of alkyl halides is 6. The third kappa shape index (κ3) is 8.01. The minimum absolute atomic E-state index is 0.0535. The highest BCUT2D eigenvalue weighted by atomic mass is 35.5. The van der Waals surface area contributed by atoms with Crippen LogP contribution in [-0.4, -0.2) is 20.6 Å². The predicted molar refractivity (Wildman–Crippen MR) is 147 cm³/mol. The topological polar surface area (TPSA) is 91.2 Å². The Bertz CT molecular complexity index is 1590. The van der Waals surface area contributed by atoms with Crippen molar-refractivity contribution >= 4 is 27.1 Å². The molecule has 1 aliphatic rings. The van der Waals surface area contributed by atoms with Gasteiger partial charge in [0.25, 0.3) is 0 Å². The summed E-state index contributed by atoms with van der Waals surface area (Å²) in [4.78, 5) is -1.31. The molecule has 3 aromatic rings. The molecule has 0 aromatic heterocycles. The highest BCUT2D eigenvalue weighted by molar-refractivity contribution is 7.95. The van der Waals surface area contributed by atoms with E-state index in [4.69, 9.17) is 16.3 Å². The average molecular weight is 644 g/mol. The van der Waals surface area contributed by atoms with E-state index >= 15 is 0 Å². The van der Waals surface area contributed by atoms with E-state index in [1.54, 1.807) is 6.07 Å². The van der Waals surface area contributed by atoms with Crippen molar-refractivity contribution < 1.29 is 39.5 Å². The van der Waals surface area contributed by atoms with Crippen molar-refractivity contribution in [1.82, 2.24) is 5.32 Å². The zero-order valence-electron chi connectivity index (χ0n) is 22.1. The molecule has 1 fully saturated rings. The smallest absolute Gasteiger partial charge is 0.371 e. The van der Waals surface area contributed by atoms with Crippen LogP contribution in [0, 0.1) is 11.3 Å². The predicted octanol–water partition coefficient (Wildman–Crippen LogP) is 7.68. The summed E-state index contributed by atoms with van der Waals surface area (Å²) in [6.07, 6.45) is -9.24. The fourth-order valence-electron chi connectivity index (χ4n) is 4.57. The van der Waals surface area contributed by atoms with Gasteiger partial charge in [-0.1, -0.05) is 41.9 Å². The van der Waals surface area contributed by atoms with Crippen LogP contribution in [0.25, 0.3) is 0 Å². The number of allylic oxidation sites excluding steroid dienone is 1. The lowest BCUT2D eigenvalue weighted by molar-refractivity contribution is -0.143. The van der Waals surface area contributed by atoms with Crippen LogP contribution in [0.15, 0.2) is 88.4 Å². The molecule has 0 aliphatic heterocycles. The number of nitriles is 1. The summed E-state index contributed by atoms with van der Waals surface area (Å²) in [6.45, 7) is 0.201. The molecule has 2 atom stereocenters. The molecule has 2 unspecified atom stereocenters. The van der Waals surface area contributed by atoms with Gasteiger partial charge >= 0.3 is 12.4 Å². The first-order chi connectivity index (χ1) is 20.2. The number of rotatable bonds is 9. The Morgan fingerprint density at radius 2 is 1.53 bits per heavy atom. The van der Waals surface area contributed by atoms with Gasteiger partial charge in [0.15, 0.2) is 4.91 Å². The Morgan fingerprint density at radius 1 is 0.930 bits per heavy atom. The monoisotopic (exact) mass is 643 g/mol. The summed E-state index contributed by atoms with van der Waals surface area (Å²) in [7, 11) is -4.63. The Hall–Kier alpha value is -3.73. The lowest BCUT2D eigenvalue weighted by atomic mass is 10.1. The van der Waals surface area contributed by atoms with Gasteiger partial charge in [0.1, 0.15) is 11.9 Å². The average Bonchev–Trinajstić information content (AvgIpc) is 3.38. The highest BCUT2D eigenvalue weighted by Crippen LogP contribution is 2.38. The molecule has 2 N–H and O–H groups in total. The Morgan fingerprint density at radius 3 is 2.09 bits per heavy atom. The molecule has 43 heavy (non-hydrogen) atoms. The Kier molecular flexibility index (Phi) is 9.63. The molecule has 228 valence electrons. The number of hydrogen-bond acceptors (Lipinski definition) is 6. The van der Waals surface area contributed by atoms with Crippen molar-refractivity contribution in [2.45, 2.75) is 55.3 Å². The first-order valence-electron chi connectivity index (χ1n) is 12.8. The molecule has 4 rings (SSSR count). The zero-order chi connectivity index (χ0) is 31.4. The summed E-state index contributed by atoms with van der Waals surface area (Å²) >= 11 is 5.86. The third-order valence-corrected chi connectivity index (χ3v) is 8.65. The van der Waals surface area contributed by atoms with E-state index in [0.29, 0.717) is 31.4 Å². The number of benzene rings is 3. The standard InChI is InChI=1S/C29H24ClF6N3O3S/c30-21-9-11-23(12-10-21)43(40,41)26(16-37)27(38-22-14-19(28(31,32)33)13-20(15-22)29(34,35)36)39-24-7-4-8-25(24)42-17-18-5-2-1-3-6-18/h1-3,5-6,9-15,24-25,38-39H,4,7-8,17H2. The van der Waals surface area contributed by atoms with E-state index in [1.807, 2.05) is 30.3 Å². The Labute approximate surface area is 248 Å². The molecule has 14 heteroatoms. The van der Waals surface area contributed by atoms with Crippen molar-refractivity contribution in [3.63, 3.8) is 0 Å². The molecule has 0 heterocycles. The summed E-state index contributed by atoms with van der Waals surface area (Å²) in [5, 5.41) is 15.4. The number of hydrogen-bond donors (Lipinski definition) is 2. The number of nitrogens with zero attached hydrogens (tertiary/aromatic N) is 1. The van der Waals surface area contributed by atoms with Gasteiger partial charge in [-0.05, 0) is 67.3 Å². The molecule has 0 amide bonds. The fraction of sp³-hybridized carbons (Fsp3) is 0.276. The van der Waals surface area contributed by atoms with Gasteiger partial charge in [0.05, 0.1) is 34.8 Å². The van der Waals surface area contributed by atoms with Crippen LogP contribution in [0.5, 0.6) is 0 Å². The first-order valence-corrected chi connectivity index (χ1v) is 14.7. The van der Waals surface area contributed by atoms with E-state index < -0.39 is 61.9 Å². The SMILES string of the molecule is N#CC(=C(Nc1cc(C(F)(F)F)cc(C(F)(F)F)c1)NC1CCCC1OCc1ccccc1)S(=O)(=O)c1ccc(Cl)cc1. The first kappa shape index (κ1) is 32.2. The molecular weight excluding hydrogens is 620 g/mol.